The summed E-state index contributed by atoms with van der Waals surface area (Å²) in [6, 6.07) is 5.75. The van der Waals surface area contributed by atoms with Gasteiger partial charge in [-0.05, 0) is 18.1 Å². The molecule has 0 fully saturated rings. The molecule has 0 aliphatic carbocycles. The van der Waals surface area contributed by atoms with Crippen LogP contribution in [0.4, 0.5) is 5.69 Å². The molecule has 1 N–H and O–H groups in total. The summed E-state index contributed by atoms with van der Waals surface area (Å²) in [5.74, 6) is 3.32. The highest BCUT2D eigenvalue weighted by Gasteiger charge is 2.14. The maximum Gasteiger partial charge on any atom is 0.224 e. The zero-order valence-corrected chi connectivity index (χ0v) is 8.95. The normalized spacial score (nSPS) is 13.6. The highest BCUT2D eigenvalue weighted by Crippen LogP contribution is 2.27. The molecule has 0 bridgehead atoms. The number of hydrogen-bond acceptors (Lipinski definition) is 2. The SMILES string of the molecule is C#CCCOc1ccc2c(c1)NC(=O)CC2. The summed E-state index contributed by atoms with van der Waals surface area (Å²) in [5, 5.41) is 2.83. The summed E-state index contributed by atoms with van der Waals surface area (Å²) in [6.45, 7) is 0.503. The Bertz CT molecular complexity index is 446. The fourth-order valence-electron chi connectivity index (χ4n) is 1.67. The van der Waals surface area contributed by atoms with Crippen LogP contribution in [0.25, 0.3) is 0 Å². The number of benzene rings is 1. The summed E-state index contributed by atoms with van der Waals surface area (Å²) in [6.07, 6.45) is 7.08. The van der Waals surface area contributed by atoms with E-state index in [4.69, 9.17) is 11.2 Å². The smallest absolute Gasteiger partial charge is 0.224 e. The highest BCUT2D eigenvalue weighted by atomic mass is 16.5. The lowest BCUT2D eigenvalue weighted by Gasteiger charge is -2.17. The van der Waals surface area contributed by atoms with E-state index in [0.29, 0.717) is 19.4 Å². The average Bonchev–Trinajstić information content (AvgIpc) is 2.29. The van der Waals surface area contributed by atoms with Gasteiger partial charge in [0.15, 0.2) is 0 Å². The van der Waals surface area contributed by atoms with Crippen LogP contribution in [-0.2, 0) is 11.2 Å². The molecule has 3 heteroatoms. The third-order valence-corrected chi connectivity index (χ3v) is 2.49. The predicted octanol–water partition coefficient (Wildman–Crippen LogP) is 1.97. The molecule has 1 aromatic rings. The third kappa shape index (κ3) is 2.34. The van der Waals surface area contributed by atoms with E-state index in [1.165, 1.54) is 0 Å². The van der Waals surface area contributed by atoms with Crippen molar-refractivity contribution in [1.82, 2.24) is 0 Å². The lowest BCUT2D eigenvalue weighted by atomic mass is 10.0. The minimum absolute atomic E-state index is 0.0632. The zero-order chi connectivity index (χ0) is 11.4. The van der Waals surface area contributed by atoms with E-state index in [1.54, 1.807) is 0 Å². The van der Waals surface area contributed by atoms with Crippen LogP contribution in [0.5, 0.6) is 5.75 Å². The van der Waals surface area contributed by atoms with Crippen LogP contribution in [-0.4, -0.2) is 12.5 Å². The van der Waals surface area contributed by atoms with Crippen molar-refractivity contribution in [1.29, 1.82) is 0 Å². The van der Waals surface area contributed by atoms with Crippen LogP contribution in [0.15, 0.2) is 18.2 Å². The van der Waals surface area contributed by atoms with Gasteiger partial charge >= 0.3 is 0 Å². The van der Waals surface area contributed by atoms with E-state index >= 15 is 0 Å². The van der Waals surface area contributed by atoms with Gasteiger partial charge in [-0.2, -0.15) is 0 Å². The topological polar surface area (TPSA) is 38.3 Å². The minimum atomic E-state index is 0.0632. The summed E-state index contributed by atoms with van der Waals surface area (Å²) in [7, 11) is 0. The molecule has 0 unspecified atom stereocenters. The van der Waals surface area contributed by atoms with Crippen molar-refractivity contribution in [2.45, 2.75) is 19.3 Å². The van der Waals surface area contributed by atoms with Crippen LogP contribution >= 0.6 is 0 Å². The number of carbonyl (C=O) groups is 1. The van der Waals surface area contributed by atoms with Crippen LogP contribution in [0, 0.1) is 12.3 Å². The van der Waals surface area contributed by atoms with E-state index in [-0.39, 0.29) is 5.91 Å². The first-order valence-electron chi connectivity index (χ1n) is 5.28. The van der Waals surface area contributed by atoms with E-state index in [2.05, 4.69) is 11.2 Å². The van der Waals surface area contributed by atoms with Gasteiger partial charge in [-0.15, -0.1) is 12.3 Å². The quantitative estimate of drug-likeness (QED) is 0.618. The molecule has 0 spiro atoms. The second kappa shape index (κ2) is 4.71. The lowest BCUT2D eigenvalue weighted by Crippen LogP contribution is -2.18. The number of amides is 1. The van der Waals surface area contributed by atoms with Gasteiger partial charge in [0.2, 0.25) is 5.91 Å². The number of ether oxygens (including phenoxy) is 1. The molecule has 1 heterocycles. The molecule has 16 heavy (non-hydrogen) atoms. The van der Waals surface area contributed by atoms with Gasteiger partial charge in [-0.25, -0.2) is 0 Å². The Labute approximate surface area is 94.8 Å². The summed E-state index contributed by atoms with van der Waals surface area (Å²) < 4.78 is 5.45. The van der Waals surface area contributed by atoms with E-state index in [1.807, 2.05) is 18.2 Å². The van der Waals surface area contributed by atoms with Crippen LogP contribution < -0.4 is 10.1 Å². The molecule has 0 radical (unpaired) electrons. The van der Waals surface area contributed by atoms with Crippen LogP contribution in [0.3, 0.4) is 0 Å². The first-order chi connectivity index (χ1) is 7.79. The number of aryl methyl sites for hydroxylation is 1. The third-order valence-electron chi connectivity index (χ3n) is 2.49. The van der Waals surface area contributed by atoms with Gasteiger partial charge in [0, 0.05) is 24.6 Å². The maximum absolute atomic E-state index is 11.2. The Hall–Kier alpha value is -1.95. The molecule has 0 aromatic heterocycles. The number of nitrogens with one attached hydrogen (secondary N) is 1. The summed E-state index contributed by atoms with van der Waals surface area (Å²) >= 11 is 0. The number of carbonyl (C=O) groups excluding carboxylic acids is 1. The Morgan fingerprint density at radius 3 is 3.12 bits per heavy atom. The molecule has 0 atom stereocenters. The Morgan fingerprint density at radius 1 is 1.44 bits per heavy atom. The molecule has 0 saturated heterocycles. The number of anilines is 1. The van der Waals surface area contributed by atoms with E-state index in [9.17, 15) is 4.79 Å². The molecular weight excluding hydrogens is 202 g/mol. The average molecular weight is 215 g/mol. The fraction of sp³-hybridized carbons (Fsp3) is 0.308. The first kappa shape index (κ1) is 10.6. The molecule has 1 aliphatic rings. The van der Waals surface area contributed by atoms with Gasteiger partial charge < -0.3 is 10.1 Å². The Morgan fingerprint density at radius 2 is 2.31 bits per heavy atom. The monoisotopic (exact) mass is 215 g/mol. The maximum atomic E-state index is 11.2. The van der Waals surface area contributed by atoms with Gasteiger partial charge in [0.05, 0.1) is 6.61 Å². The molecule has 1 aliphatic heterocycles. The minimum Gasteiger partial charge on any atom is -0.493 e. The van der Waals surface area contributed by atoms with Gasteiger partial charge in [-0.3, -0.25) is 4.79 Å². The molecule has 1 amide bonds. The molecule has 1 aromatic carbocycles. The first-order valence-corrected chi connectivity index (χ1v) is 5.28. The second-order valence-electron chi connectivity index (χ2n) is 3.67. The molecule has 0 saturated carbocycles. The number of rotatable bonds is 3. The van der Waals surface area contributed by atoms with Crippen molar-refractivity contribution in [3.8, 4) is 18.1 Å². The number of fused-ring (bicyclic) bond motifs is 1. The van der Waals surface area contributed by atoms with Crippen molar-refractivity contribution in [3.63, 3.8) is 0 Å². The van der Waals surface area contributed by atoms with Crippen molar-refractivity contribution in [3.05, 3.63) is 23.8 Å². The number of terminal acetylenes is 1. The van der Waals surface area contributed by atoms with Crippen molar-refractivity contribution >= 4 is 11.6 Å². The van der Waals surface area contributed by atoms with E-state index in [0.717, 1.165) is 23.4 Å². The molecule has 2 rings (SSSR count). The van der Waals surface area contributed by atoms with Crippen LogP contribution in [0.2, 0.25) is 0 Å². The zero-order valence-electron chi connectivity index (χ0n) is 8.95. The van der Waals surface area contributed by atoms with Crippen molar-refractivity contribution < 1.29 is 9.53 Å². The van der Waals surface area contributed by atoms with Crippen molar-refractivity contribution in [2.24, 2.45) is 0 Å². The van der Waals surface area contributed by atoms with Gasteiger partial charge in [-0.1, -0.05) is 6.07 Å². The summed E-state index contributed by atoms with van der Waals surface area (Å²) in [4.78, 5) is 11.2. The van der Waals surface area contributed by atoms with Gasteiger partial charge in [0.1, 0.15) is 5.75 Å². The largest absolute Gasteiger partial charge is 0.493 e. The van der Waals surface area contributed by atoms with Crippen molar-refractivity contribution in [2.75, 3.05) is 11.9 Å². The van der Waals surface area contributed by atoms with E-state index < -0.39 is 0 Å². The van der Waals surface area contributed by atoms with Gasteiger partial charge in [0.25, 0.3) is 0 Å². The Balaban J connectivity index is 2.09. The molecule has 82 valence electrons. The Kier molecular flexibility index (Phi) is 3.11. The van der Waals surface area contributed by atoms with Crippen LogP contribution in [0.1, 0.15) is 18.4 Å². The highest BCUT2D eigenvalue weighted by molar-refractivity contribution is 5.94. The second-order valence-corrected chi connectivity index (χ2v) is 3.67. The molecular formula is C13H13NO2. The number of hydrogen-bond donors (Lipinski definition) is 1. The summed E-state index contributed by atoms with van der Waals surface area (Å²) in [5.41, 5.74) is 2.01. The molecule has 3 nitrogen and oxygen atoms in total. The fourth-order valence-corrected chi connectivity index (χ4v) is 1.67. The standard InChI is InChI=1S/C13H13NO2/c1-2-3-8-16-11-6-4-10-5-7-13(15)14-12(10)9-11/h1,4,6,9H,3,5,7-8H2,(H,14,15). The predicted molar refractivity (Wildman–Crippen MR) is 62.3 cm³/mol. The lowest BCUT2D eigenvalue weighted by molar-refractivity contribution is -0.116.